The van der Waals surface area contributed by atoms with E-state index in [4.69, 9.17) is 0 Å². The zero-order valence-corrected chi connectivity index (χ0v) is 9.15. The maximum atomic E-state index is 10.1. The van der Waals surface area contributed by atoms with Crippen molar-refractivity contribution in [2.45, 2.75) is 32.5 Å². The zero-order valence-electron chi connectivity index (χ0n) is 9.15. The molecule has 0 heterocycles. The van der Waals surface area contributed by atoms with Crippen molar-refractivity contribution in [1.82, 2.24) is 5.32 Å². The largest absolute Gasteiger partial charge is 0.508 e. The maximum Gasteiger partial charge on any atom is 0.139 e. The average molecular weight is 211 g/mol. The molecule has 0 radical (unpaired) electrons. The second-order valence-electron chi connectivity index (χ2n) is 4.11. The Bertz CT molecular complexity index is 327. The first-order valence-corrected chi connectivity index (χ1v) is 4.85. The molecule has 0 aliphatic heterocycles. The van der Waals surface area contributed by atoms with Crippen molar-refractivity contribution in [3.05, 3.63) is 23.8 Å². The van der Waals surface area contributed by atoms with Crippen LogP contribution in [0, 0.1) is 0 Å². The van der Waals surface area contributed by atoms with Gasteiger partial charge in [-0.25, -0.2) is 0 Å². The number of rotatable bonds is 3. The zero-order chi connectivity index (χ0) is 11.6. The Morgan fingerprint density at radius 2 is 1.60 bits per heavy atom. The van der Waals surface area contributed by atoms with Crippen LogP contribution in [0.4, 0.5) is 0 Å². The molecule has 4 nitrogen and oxygen atoms in total. The molecule has 0 fully saturated rings. The minimum absolute atomic E-state index is 0.0733. The highest BCUT2D eigenvalue weighted by Crippen LogP contribution is 2.27. The third kappa shape index (κ3) is 3.11. The smallest absolute Gasteiger partial charge is 0.139 e. The molecular weight excluding hydrogens is 194 g/mol. The molecule has 1 rings (SSSR count). The van der Waals surface area contributed by atoms with Crippen LogP contribution in [0.15, 0.2) is 18.2 Å². The Kier molecular flexibility index (Phi) is 3.21. The van der Waals surface area contributed by atoms with Crippen LogP contribution in [0.5, 0.6) is 11.5 Å². The van der Waals surface area contributed by atoms with Gasteiger partial charge in [0.05, 0.1) is 0 Å². The van der Waals surface area contributed by atoms with Crippen LogP contribution in [-0.4, -0.2) is 21.4 Å². The summed E-state index contributed by atoms with van der Waals surface area (Å²) in [4.78, 5) is 0. The summed E-state index contributed by atoms with van der Waals surface area (Å²) in [6.07, 6.45) is 0. The molecule has 0 saturated heterocycles. The van der Waals surface area contributed by atoms with Crippen molar-refractivity contribution in [3.8, 4) is 11.5 Å². The van der Waals surface area contributed by atoms with E-state index in [2.05, 4.69) is 5.32 Å². The number of phenols is 2. The molecule has 0 spiro atoms. The standard InChI is InChI=1S/C11H17NO3/c1-7(2)12-11(3,15)8-4-9(13)6-10(14)5-8/h4-7,12-15H,1-3H3. The Hall–Kier alpha value is -1.26. The minimum atomic E-state index is -1.27. The van der Waals surface area contributed by atoms with Gasteiger partial charge >= 0.3 is 0 Å². The highest BCUT2D eigenvalue weighted by Gasteiger charge is 2.24. The van der Waals surface area contributed by atoms with Gasteiger partial charge < -0.3 is 15.3 Å². The molecule has 1 atom stereocenters. The molecule has 1 aromatic carbocycles. The lowest BCUT2D eigenvalue weighted by atomic mass is 10.0. The number of hydrogen-bond donors (Lipinski definition) is 4. The molecule has 15 heavy (non-hydrogen) atoms. The van der Waals surface area contributed by atoms with Crippen molar-refractivity contribution in [3.63, 3.8) is 0 Å². The molecule has 1 aromatic rings. The van der Waals surface area contributed by atoms with E-state index >= 15 is 0 Å². The van der Waals surface area contributed by atoms with E-state index in [9.17, 15) is 15.3 Å². The quantitative estimate of drug-likeness (QED) is 0.568. The average Bonchev–Trinajstić information content (AvgIpc) is 1.99. The lowest BCUT2D eigenvalue weighted by Crippen LogP contribution is -2.43. The molecule has 0 aliphatic rings. The fraction of sp³-hybridized carbons (Fsp3) is 0.455. The number of benzene rings is 1. The van der Waals surface area contributed by atoms with Crippen molar-refractivity contribution in [2.24, 2.45) is 0 Å². The molecular formula is C11H17NO3. The van der Waals surface area contributed by atoms with Gasteiger partial charge in [0.1, 0.15) is 17.2 Å². The number of phenolic OH excluding ortho intramolecular Hbond substituents is 2. The van der Waals surface area contributed by atoms with E-state index in [1.165, 1.54) is 18.2 Å². The Balaban J connectivity index is 3.03. The first-order valence-electron chi connectivity index (χ1n) is 4.85. The van der Waals surface area contributed by atoms with Crippen molar-refractivity contribution in [2.75, 3.05) is 0 Å². The van der Waals surface area contributed by atoms with Gasteiger partial charge in [0.15, 0.2) is 0 Å². The topological polar surface area (TPSA) is 72.7 Å². The van der Waals surface area contributed by atoms with Crippen molar-refractivity contribution >= 4 is 0 Å². The van der Waals surface area contributed by atoms with Gasteiger partial charge in [-0.3, -0.25) is 5.32 Å². The molecule has 4 heteroatoms. The van der Waals surface area contributed by atoms with Crippen LogP contribution >= 0.6 is 0 Å². The summed E-state index contributed by atoms with van der Waals surface area (Å²) in [5.74, 6) is -0.147. The fourth-order valence-electron chi connectivity index (χ4n) is 1.52. The summed E-state index contributed by atoms with van der Waals surface area (Å²) < 4.78 is 0. The van der Waals surface area contributed by atoms with Gasteiger partial charge in [-0.1, -0.05) is 0 Å². The predicted octanol–water partition coefficient (Wildman–Crippen LogP) is 1.26. The molecule has 1 unspecified atom stereocenters. The van der Waals surface area contributed by atoms with Gasteiger partial charge in [0.2, 0.25) is 0 Å². The molecule has 0 bridgehead atoms. The highest BCUT2D eigenvalue weighted by atomic mass is 16.3. The SMILES string of the molecule is CC(C)NC(C)(O)c1cc(O)cc(O)c1. The lowest BCUT2D eigenvalue weighted by Gasteiger charge is -2.28. The van der Waals surface area contributed by atoms with Gasteiger partial charge in [-0.2, -0.15) is 0 Å². The summed E-state index contributed by atoms with van der Waals surface area (Å²) in [6.45, 7) is 5.37. The third-order valence-electron chi connectivity index (χ3n) is 2.03. The Morgan fingerprint density at radius 1 is 1.13 bits per heavy atom. The number of hydrogen-bond acceptors (Lipinski definition) is 4. The van der Waals surface area contributed by atoms with Gasteiger partial charge in [-0.15, -0.1) is 0 Å². The normalized spacial score (nSPS) is 15.3. The van der Waals surface area contributed by atoms with E-state index in [-0.39, 0.29) is 17.5 Å². The van der Waals surface area contributed by atoms with Crippen LogP contribution in [0.2, 0.25) is 0 Å². The van der Waals surface area contributed by atoms with Crippen LogP contribution in [0.25, 0.3) is 0 Å². The first kappa shape index (κ1) is 11.8. The van der Waals surface area contributed by atoms with Crippen molar-refractivity contribution in [1.29, 1.82) is 0 Å². The molecule has 0 amide bonds. The monoisotopic (exact) mass is 211 g/mol. The molecule has 84 valence electrons. The van der Waals surface area contributed by atoms with Crippen LogP contribution in [-0.2, 0) is 5.72 Å². The summed E-state index contributed by atoms with van der Waals surface area (Å²) in [6, 6.07) is 4.13. The molecule has 4 N–H and O–H groups in total. The van der Waals surface area contributed by atoms with Crippen LogP contribution in [0.1, 0.15) is 26.3 Å². The number of aromatic hydroxyl groups is 2. The second-order valence-corrected chi connectivity index (χ2v) is 4.11. The van der Waals surface area contributed by atoms with E-state index in [0.29, 0.717) is 5.56 Å². The van der Waals surface area contributed by atoms with E-state index in [0.717, 1.165) is 0 Å². The minimum Gasteiger partial charge on any atom is -0.508 e. The van der Waals surface area contributed by atoms with Crippen LogP contribution < -0.4 is 5.32 Å². The van der Waals surface area contributed by atoms with E-state index in [1.54, 1.807) is 6.92 Å². The molecule has 0 aliphatic carbocycles. The van der Waals surface area contributed by atoms with Gasteiger partial charge in [0.25, 0.3) is 0 Å². The van der Waals surface area contributed by atoms with E-state index in [1.807, 2.05) is 13.8 Å². The summed E-state index contributed by atoms with van der Waals surface area (Å²) in [5.41, 5.74) is -0.849. The highest BCUT2D eigenvalue weighted by molar-refractivity contribution is 5.38. The number of nitrogens with one attached hydrogen (secondary N) is 1. The molecule has 0 saturated carbocycles. The van der Waals surface area contributed by atoms with E-state index < -0.39 is 5.72 Å². The Morgan fingerprint density at radius 3 is 2.00 bits per heavy atom. The third-order valence-corrected chi connectivity index (χ3v) is 2.03. The summed E-state index contributed by atoms with van der Waals surface area (Å²) in [7, 11) is 0. The lowest BCUT2D eigenvalue weighted by molar-refractivity contribution is 0.0113. The number of aliphatic hydroxyl groups is 1. The second kappa shape index (κ2) is 4.08. The first-order chi connectivity index (χ1) is 6.81. The molecule has 0 aromatic heterocycles. The Labute approximate surface area is 89.2 Å². The fourth-order valence-corrected chi connectivity index (χ4v) is 1.52. The predicted molar refractivity (Wildman–Crippen MR) is 57.6 cm³/mol. The summed E-state index contributed by atoms with van der Waals surface area (Å²) >= 11 is 0. The van der Waals surface area contributed by atoms with Crippen LogP contribution in [0.3, 0.4) is 0 Å². The van der Waals surface area contributed by atoms with Gasteiger partial charge in [-0.05, 0) is 32.9 Å². The van der Waals surface area contributed by atoms with Crippen molar-refractivity contribution < 1.29 is 15.3 Å². The summed E-state index contributed by atoms with van der Waals surface area (Å²) in [5, 5.41) is 31.6. The van der Waals surface area contributed by atoms with Gasteiger partial charge in [0, 0.05) is 17.7 Å². The maximum absolute atomic E-state index is 10.1.